The van der Waals surface area contributed by atoms with Gasteiger partial charge in [-0.2, -0.15) is 0 Å². The number of hydrogen-bond donors (Lipinski definition) is 0. The van der Waals surface area contributed by atoms with E-state index in [2.05, 4.69) is 68.3 Å². The molecule has 0 atom stereocenters. The van der Waals surface area contributed by atoms with Crippen LogP contribution in [0.2, 0.25) is 0 Å². The van der Waals surface area contributed by atoms with Gasteiger partial charge in [-0.25, -0.2) is 0 Å². The fourth-order valence-electron chi connectivity index (χ4n) is 4.44. The van der Waals surface area contributed by atoms with Gasteiger partial charge in [-0.3, -0.25) is 0 Å². The molecule has 2 aliphatic rings. The van der Waals surface area contributed by atoms with Crippen LogP contribution in [0.15, 0.2) is 11.4 Å². The van der Waals surface area contributed by atoms with Crippen LogP contribution in [0.3, 0.4) is 0 Å². The van der Waals surface area contributed by atoms with E-state index in [1.807, 2.05) is 0 Å². The van der Waals surface area contributed by atoms with Crippen molar-refractivity contribution in [3.05, 3.63) is 11.4 Å². The average molecular weight is 350 g/mol. The van der Waals surface area contributed by atoms with Crippen LogP contribution >= 0.6 is 0 Å². The van der Waals surface area contributed by atoms with E-state index >= 15 is 0 Å². The van der Waals surface area contributed by atoms with E-state index in [4.69, 9.17) is 18.6 Å². The highest BCUT2D eigenvalue weighted by Crippen LogP contribution is 2.37. The van der Waals surface area contributed by atoms with Crippen LogP contribution < -0.4 is 0 Å². The SMILES string of the molecule is CCCC(=CB1OC(C)(C)CC(C)(C)O1)B1OC(C)(C)CC(C)(C)O1. The molecule has 25 heavy (non-hydrogen) atoms. The second-order valence-corrected chi connectivity index (χ2v) is 10.1. The fraction of sp³-hybridized carbons (Fsp3) is 0.895. The molecule has 4 nitrogen and oxygen atoms in total. The summed E-state index contributed by atoms with van der Waals surface area (Å²) in [5.74, 6) is 2.08. The summed E-state index contributed by atoms with van der Waals surface area (Å²) in [5.41, 5.74) is 0.250. The molecule has 0 radical (unpaired) electrons. The molecule has 0 aromatic rings. The summed E-state index contributed by atoms with van der Waals surface area (Å²) in [4.78, 5) is 0. The third kappa shape index (κ3) is 6.13. The van der Waals surface area contributed by atoms with E-state index in [-0.39, 0.29) is 36.6 Å². The largest absolute Gasteiger partial charge is 0.489 e. The number of hydrogen-bond acceptors (Lipinski definition) is 4. The lowest BCUT2D eigenvalue weighted by molar-refractivity contribution is -0.0760. The molecular formula is C19H36B2O4. The van der Waals surface area contributed by atoms with Crippen LogP contribution in [-0.2, 0) is 18.6 Å². The van der Waals surface area contributed by atoms with E-state index in [9.17, 15) is 0 Å². The summed E-state index contributed by atoms with van der Waals surface area (Å²) < 4.78 is 24.9. The van der Waals surface area contributed by atoms with Crippen LogP contribution in [0.1, 0.15) is 88.0 Å². The quantitative estimate of drug-likeness (QED) is 0.686. The molecule has 0 saturated carbocycles. The molecule has 2 fully saturated rings. The molecule has 0 N–H and O–H groups in total. The molecule has 0 amide bonds. The van der Waals surface area contributed by atoms with Crippen LogP contribution in [0.4, 0.5) is 0 Å². The van der Waals surface area contributed by atoms with Crippen LogP contribution in [0, 0.1) is 0 Å². The van der Waals surface area contributed by atoms with Crippen LogP contribution in [0.25, 0.3) is 0 Å². The van der Waals surface area contributed by atoms with Gasteiger partial charge >= 0.3 is 14.2 Å². The summed E-state index contributed by atoms with van der Waals surface area (Å²) in [6.07, 6.45) is 3.66. The Hall–Kier alpha value is -0.290. The molecule has 0 aromatic carbocycles. The zero-order valence-electron chi connectivity index (χ0n) is 17.7. The molecule has 0 unspecified atom stereocenters. The maximum atomic E-state index is 6.27. The van der Waals surface area contributed by atoms with Crippen molar-refractivity contribution in [1.29, 1.82) is 0 Å². The van der Waals surface area contributed by atoms with Gasteiger partial charge in [-0.15, -0.1) is 0 Å². The van der Waals surface area contributed by atoms with Gasteiger partial charge in [0, 0.05) is 12.8 Å². The van der Waals surface area contributed by atoms with Gasteiger partial charge in [0.15, 0.2) is 0 Å². The van der Waals surface area contributed by atoms with Gasteiger partial charge in [0.25, 0.3) is 0 Å². The van der Waals surface area contributed by atoms with Crippen molar-refractivity contribution >= 4 is 14.2 Å². The first-order valence-corrected chi connectivity index (χ1v) is 9.64. The van der Waals surface area contributed by atoms with E-state index < -0.39 is 0 Å². The maximum absolute atomic E-state index is 6.27. The third-order valence-corrected chi connectivity index (χ3v) is 4.62. The van der Waals surface area contributed by atoms with Crippen molar-refractivity contribution in [3.63, 3.8) is 0 Å². The lowest BCUT2D eigenvalue weighted by Gasteiger charge is -2.45. The Kier molecular flexibility index (Phi) is 5.91. The molecule has 0 aromatic heterocycles. The Morgan fingerprint density at radius 3 is 1.56 bits per heavy atom. The smallest absolute Gasteiger partial charge is 0.403 e. The molecule has 0 aliphatic carbocycles. The first-order valence-electron chi connectivity index (χ1n) is 9.64. The average Bonchev–Trinajstić information content (AvgIpc) is 2.30. The summed E-state index contributed by atoms with van der Waals surface area (Å²) in [7, 11) is -0.722. The standard InChI is InChI=1S/C19H36B2O4/c1-10-11-15(21-24-18(6,7)14-19(8,9)25-21)12-20-22-16(2,3)13-17(4,5)23-20/h12H,10-11,13-14H2,1-9H3. The van der Waals surface area contributed by atoms with Crippen molar-refractivity contribution in [2.75, 3.05) is 0 Å². The van der Waals surface area contributed by atoms with Crippen LogP contribution in [0.5, 0.6) is 0 Å². The van der Waals surface area contributed by atoms with Gasteiger partial charge in [-0.1, -0.05) is 19.3 Å². The van der Waals surface area contributed by atoms with Gasteiger partial charge in [-0.05, 0) is 67.3 Å². The zero-order chi connectivity index (χ0) is 19.1. The highest BCUT2D eigenvalue weighted by molar-refractivity contribution is 6.60. The van der Waals surface area contributed by atoms with Gasteiger partial charge < -0.3 is 18.6 Å². The summed E-state index contributed by atoms with van der Waals surface area (Å²) >= 11 is 0. The highest BCUT2D eigenvalue weighted by Gasteiger charge is 2.46. The van der Waals surface area contributed by atoms with Crippen molar-refractivity contribution < 1.29 is 18.6 Å². The zero-order valence-corrected chi connectivity index (χ0v) is 17.7. The van der Waals surface area contributed by atoms with E-state index in [1.165, 1.54) is 0 Å². The summed E-state index contributed by atoms with van der Waals surface area (Å²) in [5, 5.41) is 0. The fourth-order valence-corrected chi connectivity index (χ4v) is 4.44. The maximum Gasteiger partial charge on any atom is 0.489 e. The normalized spacial score (nSPS) is 28.1. The minimum absolute atomic E-state index is 0.215. The molecular weight excluding hydrogens is 314 g/mol. The van der Waals surface area contributed by atoms with E-state index in [0.29, 0.717) is 0 Å². The molecule has 2 aliphatic heterocycles. The van der Waals surface area contributed by atoms with Crippen molar-refractivity contribution in [2.45, 2.75) is 110 Å². The summed E-state index contributed by atoms with van der Waals surface area (Å²) in [6, 6.07) is 0. The topological polar surface area (TPSA) is 36.9 Å². The highest BCUT2D eigenvalue weighted by atomic mass is 16.6. The number of rotatable bonds is 4. The second kappa shape index (κ2) is 7.03. The van der Waals surface area contributed by atoms with Crippen molar-refractivity contribution in [3.8, 4) is 0 Å². The third-order valence-electron chi connectivity index (χ3n) is 4.62. The minimum Gasteiger partial charge on any atom is -0.403 e. The lowest BCUT2D eigenvalue weighted by Crippen LogP contribution is -2.53. The monoisotopic (exact) mass is 350 g/mol. The van der Waals surface area contributed by atoms with Crippen LogP contribution in [-0.4, -0.2) is 36.6 Å². The van der Waals surface area contributed by atoms with Crippen molar-refractivity contribution in [1.82, 2.24) is 0 Å². The Bertz CT molecular complexity index is 480. The predicted molar refractivity (Wildman–Crippen MR) is 104 cm³/mol. The van der Waals surface area contributed by atoms with Crippen molar-refractivity contribution in [2.24, 2.45) is 0 Å². The molecule has 0 bridgehead atoms. The molecule has 6 heteroatoms. The Morgan fingerprint density at radius 1 is 0.760 bits per heavy atom. The van der Waals surface area contributed by atoms with Gasteiger partial charge in [0.2, 0.25) is 0 Å². The Balaban J connectivity index is 2.26. The Morgan fingerprint density at radius 2 is 1.16 bits per heavy atom. The molecule has 0 spiro atoms. The Labute approximate surface area is 155 Å². The minimum atomic E-state index is -0.374. The predicted octanol–water partition coefficient (Wildman–Crippen LogP) is 4.76. The summed E-state index contributed by atoms with van der Waals surface area (Å²) in [6.45, 7) is 19.2. The molecule has 142 valence electrons. The first kappa shape index (κ1) is 21.0. The molecule has 2 heterocycles. The van der Waals surface area contributed by atoms with Gasteiger partial charge in [0.1, 0.15) is 0 Å². The lowest BCUT2D eigenvalue weighted by atomic mass is 9.65. The number of allylic oxidation sites excluding steroid dienone is 1. The van der Waals surface area contributed by atoms with E-state index in [1.54, 1.807) is 0 Å². The first-order chi connectivity index (χ1) is 11.2. The second-order valence-electron chi connectivity index (χ2n) is 10.1. The molecule has 2 saturated heterocycles. The van der Waals surface area contributed by atoms with E-state index in [0.717, 1.165) is 31.2 Å². The molecule has 2 rings (SSSR count). The van der Waals surface area contributed by atoms with Gasteiger partial charge in [0.05, 0.1) is 22.4 Å².